The molecule has 0 aliphatic carbocycles. The Kier molecular flexibility index (Phi) is 5.35. The fourth-order valence-corrected chi connectivity index (χ4v) is 4.54. The molecule has 1 atom stereocenters. The fourth-order valence-electron chi connectivity index (χ4n) is 2.37. The van der Waals surface area contributed by atoms with Gasteiger partial charge in [-0.1, -0.05) is 26.0 Å². The lowest BCUT2D eigenvalue weighted by Crippen LogP contribution is -2.53. The van der Waals surface area contributed by atoms with Gasteiger partial charge in [0.2, 0.25) is 10.0 Å². The van der Waals surface area contributed by atoms with Gasteiger partial charge in [0.25, 0.3) is 0 Å². The Morgan fingerprint density at radius 3 is 2.30 bits per heavy atom. The predicted octanol–water partition coefficient (Wildman–Crippen LogP) is 2.44. The van der Waals surface area contributed by atoms with Gasteiger partial charge in [0.1, 0.15) is 0 Å². The zero-order valence-electron chi connectivity index (χ0n) is 13.1. The Hall–Kier alpha value is -0.910. The summed E-state index contributed by atoms with van der Waals surface area (Å²) in [6, 6.07) is 5.51. The van der Waals surface area contributed by atoms with Crippen molar-refractivity contribution in [2.24, 2.45) is 5.73 Å². The highest BCUT2D eigenvalue weighted by atomic mass is 32.2. The van der Waals surface area contributed by atoms with Gasteiger partial charge < -0.3 is 5.73 Å². The van der Waals surface area contributed by atoms with Gasteiger partial charge in [-0.15, -0.1) is 0 Å². The molecule has 0 fully saturated rings. The normalized spacial score (nSPS) is 15.3. The molecular formula is C15H26N2O2S. The molecule has 0 amide bonds. The van der Waals surface area contributed by atoms with Crippen molar-refractivity contribution in [3.8, 4) is 0 Å². The van der Waals surface area contributed by atoms with Crippen LogP contribution in [0.15, 0.2) is 23.1 Å². The molecular weight excluding hydrogens is 272 g/mol. The molecule has 5 heteroatoms. The van der Waals surface area contributed by atoms with Gasteiger partial charge in [-0.3, -0.25) is 0 Å². The van der Waals surface area contributed by atoms with E-state index in [0.717, 1.165) is 11.1 Å². The molecule has 20 heavy (non-hydrogen) atoms. The summed E-state index contributed by atoms with van der Waals surface area (Å²) in [5.41, 5.74) is 6.99. The molecule has 0 radical (unpaired) electrons. The summed E-state index contributed by atoms with van der Waals surface area (Å²) < 4.78 is 27.5. The van der Waals surface area contributed by atoms with Crippen LogP contribution >= 0.6 is 0 Å². The van der Waals surface area contributed by atoms with Crippen molar-refractivity contribution < 1.29 is 8.42 Å². The molecule has 1 rings (SSSR count). The maximum Gasteiger partial charge on any atom is 0.243 e. The molecule has 0 spiro atoms. The number of likely N-dealkylation sites (N-methyl/N-ethyl adjacent to an activating group) is 1. The fraction of sp³-hybridized carbons (Fsp3) is 0.600. The Balaban J connectivity index is 3.43. The van der Waals surface area contributed by atoms with Crippen molar-refractivity contribution in [3.05, 3.63) is 29.3 Å². The van der Waals surface area contributed by atoms with Gasteiger partial charge >= 0.3 is 0 Å². The molecule has 0 heterocycles. The number of benzene rings is 1. The van der Waals surface area contributed by atoms with Gasteiger partial charge in [0, 0.05) is 18.6 Å². The van der Waals surface area contributed by atoms with Gasteiger partial charge in [-0.25, -0.2) is 8.42 Å². The number of hydrogen-bond acceptors (Lipinski definition) is 3. The van der Waals surface area contributed by atoms with Crippen LogP contribution in [0, 0.1) is 13.8 Å². The molecule has 1 aromatic rings. The lowest BCUT2D eigenvalue weighted by molar-refractivity contribution is 0.214. The summed E-state index contributed by atoms with van der Waals surface area (Å²) in [6.45, 7) is 10.2. The minimum absolute atomic E-state index is 0.307. The molecule has 1 unspecified atom stereocenters. The second-order valence-electron chi connectivity index (χ2n) is 5.49. The molecule has 0 aliphatic rings. The van der Waals surface area contributed by atoms with Crippen molar-refractivity contribution in [3.63, 3.8) is 0 Å². The Morgan fingerprint density at radius 1 is 1.25 bits per heavy atom. The van der Waals surface area contributed by atoms with E-state index in [-0.39, 0.29) is 0 Å². The monoisotopic (exact) mass is 298 g/mol. The second-order valence-corrected chi connectivity index (χ2v) is 7.32. The van der Waals surface area contributed by atoms with E-state index in [9.17, 15) is 8.42 Å². The van der Waals surface area contributed by atoms with Crippen LogP contribution in [-0.4, -0.2) is 31.4 Å². The third-order valence-corrected chi connectivity index (χ3v) is 6.28. The number of nitrogens with two attached hydrogens (primary N) is 1. The highest BCUT2D eigenvalue weighted by Gasteiger charge is 2.37. The summed E-state index contributed by atoms with van der Waals surface area (Å²) >= 11 is 0. The zero-order valence-corrected chi connectivity index (χ0v) is 13.9. The van der Waals surface area contributed by atoms with Crippen LogP contribution in [0.2, 0.25) is 0 Å². The van der Waals surface area contributed by atoms with Gasteiger partial charge in [-0.05, 0) is 44.4 Å². The third-order valence-electron chi connectivity index (χ3n) is 4.00. The molecule has 0 bridgehead atoms. The molecule has 2 N–H and O–H groups in total. The average Bonchev–Trinajstić information content (AvgIpc) is 2.41. The predicted molar refractivity (Wildman–Crippen MR) is 83.2 cm³/mol. The quantitative estimate of drug-likeness (QED) is 0.877. The molecule has 1 aromatic carbocycles. The van der Waals surface area contributed by atoms with E-state index in [1.165, 1.54) is 4.31 Å². The van der Waals surface area contributed by atoms with Gasteiger partial charge in [0.05, 0.1) is 4.90 Å². The van der Waals surface area contributed by atoms with Gasteiger partial charge in [-0.2, -0.15) is 4.31 Å². The minimum Gasteiger partial charge on any atom is -0.329 e. The smallest absolute Gasteiger partial charge is 0.243 e. The van der Waals surface area contributed by atoms with Crippen LogP contribution in [0.25, 0.3) is 0 Å². The van der Waals surface area contributed by atoms with Crippen LogP contribution in [0.4, 0.5) is 0 Å². The van der Waals surface area contributed by atoms with E-state index < -0.39 is 15.6 Å². The Bertz CT molecular complexity index is 563. The van der Waals surface area contributed by atoms with Crippen molar-refractivity contribution in [1.82, 2.24) is 4.31 Å². The van der Waals surface area contributed by atoms with E-state index in [1.807, 2.05) is 46.8 Å². The molecule has 0 saturated carbocycles. The minimum atomic E-state index is -3.53. The summed E-state index contributed by atoms with van der Waals surface area (Å²) in [7, 11) is -3.53. The topological polar surface area (TPSA) is 63.4 Å². The highest BCUT2D eigenvalue weighted by molar-refractivity contribution is 7.89. The first-order chi connectivity index (χ1) is 9.22. The lowest BCUT2D eigenvalue weighted by atomic mass is 9.99. The molecule has 4 nitrogen and oxygen atoms in total. The van der Waals surface area contributed by atoms with Crippen LogP contribution < -0.4 is 5.73 Å². The Labute approximate surface area is 123 Å². The first-order valence-corrected chi connectivity index (χ1v) is 8.47. The van der Waals surface area contributed by atoms with Crippen molar-refractivity contribution in [2.45, 2.75) is 51.5 Å². The SMILES string of the molecule is CCN(C(C)(CC)CN)S(=O)(=O)c1cc(C)ccc1C. The van der Waals surface area contributed by atoms with Crippen LogP contribution in [0.5, 0.6) is 0 Å². The number of sulfonamides is 1. The van der Waals surface area contributed by atoms with Gasteiger partial charge in [0.15, 0.2) is 0 Å². The summed E-state index contributed by atoms with van der Waals surface area (Å²) in [4.78, 5) is 0.382. The number of hydrogen-bond donors (Lipinski definition) is 1. The number of nitrogens with zero attached hydrogens (tertiary/aromatic N) is 1. The van der Waals surface area contributed by atoms with E-state index in [1.54, 1.807) is 6.07 Å². The molecule has 0 aliphatic heterocycles. The summed E-state index contributed by atoms with van der Waals surface area (Å²) in [5.74, 6) is 0. The standard InChI is InChI=1S/C15H26N2O2S/c1-6-15(5,11-16)17(7-2)20(18,19)14-10-12(3)8-9-13(14)4/h8-10H,6-7,11,16H2,1-5H3. The molecule has 114 valence electrons. The zero-order chi connectivity index (χ0) is 15.6. The van der Waals surface area contributed by atoms with Crippen molar-refractivity contribution in [1.29, 1.82) is 0 Å². The van der Waals surface area contributed by atoms with Crippen molar-refractivity contribution in [2.75, 3.05) is 13.1 Å². The first kappa shape index (κ1) is 17.1. The largest absolute Gasteiger partial charge is 0.329 e. The molecule has 0 aromatic heterocycles. The number of rotatable bonds is 6. The lowest BCUT2D eigenvalue weighted by Gasteiger charge is -2.38. The van der Waals surface area contributed by atoms with Crippen LogP contribution in [-0.2, 0) is 10.0 Å². The average molecular weight is 298 g/mol. The van der Waals surface area contributed by atoms with E-state index >= 15 is 0 Å². The van der Waals surface area contributed by atoms with E-state index in [4.69, 9.17) is 5.73 Å². The summed E-state index contributed by atoms with van der Waals surface area (Å²) in [5, 5.41) is 0. The maximum atomic E-state index is 13.0. The maximum absolute atomic E-state index is 13.0. The van der Waals surface area contributed by atoms with E-state index in [2.05, 4.69) is 0 Å². The van der Waals surface area contributed by atoms with Crippen LogP contribution in [0.1, 0.15) is 38.3 Å². The Morgan fingerprint density at radius 2 is 1.85 bits per heavy atom. The second kappa shape index (κ2) is 6.24. The van der Waals surface area contributed by atoms with Crippen LogP contribution in [0.3, 0.4) is 0 Å². The number of aryl methyl sites for hydroxylation is 2. The third kappa shape index (κ3) is 3.05. The molecule has 0 saturated heterocycles. The first-order valence-electron chi connectivity index (χ1n) is 7.03. The summed E-state index contributed by atoms with van der Waals surface area (Å²) in [6.07, 6.45) is 0.682. The van der Waals surface area contributed by atoms with E-state index in [0.29, 0.717) is 24.4 Å². The van der Waals surface area contributed by atoms with Crippen molar-refractivity contribution >= 4 is 10.0 Å². The highest BCUT2D eigenvalue weighted by Crippen LogP contribution is 2.28.